The number of nitrogens with zero attached hydrogens (tertiary/aromatic N) is 1. The number of unbranched alkanes of at least 4 members (excludes halogenated alkanes) is 1. The molecule has 0 unspecified atom stereocenters. The fourth-order valence-electron chi connectivity index (χ4n) is 5.48. The van der Waals surface area contributed by atoms with E-state index in [2.05, 4.69) is 11.4 Å². The molecule has 4 aliphatic carbocycles. The van der Waals surface area contributed by atoms with E-state index in [0.717, 1.165) is 19.3 Å². The van der Waals surface area contributed by atoms with Crippen LogP contribution in [0.4, 0.5) is 0 Å². The summed E-state index contributed by atoms with van der Waals surface area (Å²) in [5.74, 6) is 1.73. The molecule has 0 radical (unpaired) electrons. The number of nitrogens with one attached hydrogen (secondary N) is 1. The molecule has 4 saturated carbocycles. The van der Waals surface area contributed by atoms with Crippen molar-refractivity contribution in [1.82, 2.24) is 5.32 Å². The number of nitriles is 1. The van der Waals surface area contributed by atoms with Gasteiger partial charge < -0.3 is 10.1 Å². The molecule has 4 bridgehead atoms. The summed E-state index contributed by atoms with van der Waals surface area (Å²) in [6.45, 7) is 0. The van der Waals surface area contributed by atoms with Crippen molar-refractivity contribution in [1.29, 1.82) is 5.26 Å². The van der Waals surface area contributed by atoms with Gasteiger partial charge in [0.2, 0.25) is 5.91 Å². The van der Waals surface area contributed by atoms with Crippen molar-refractivity contribution in [2.45, 2.75) is 63.8 Å². The van der Waals surface area contributed by atoms with Crippen molar-refractivity contribution in [3.8, 4) is 6.07 Å². The summed E-state index contributed by atoms with van der Waals surface area (Å²) in [4.78, 5) is 24.9. The number of methoxy groups -OCH3 is 1. The van der Waals surface area contributed by atoms with Crippen LogP contribution >= 0.6 is 0 Å². The maximum atomic E-state index is 13.0. The van der Waals surface area contributed by atoms with Gasteiger partial charge in [-0.25, -0.2) is 4.79 Å². The van der Waals surface area contributed by atoms with Crippen LogP contribution in [0, 0.1) is 34.5 Å². The number of esters is 1. The van der Waals surface area contributed by atoms with E-state index in [1.165, 1.54) is 26.4 Å². The van der Waals surface area contributed by atoms with E-state index in [0.29, 0.717) is 37.0 Å². The molecule has 5 heteroatoms. The monoisotopic (exact) mass is 318 g/mol. The molecule has 4 aliphatic rings. The smallest absolute Gasteiger partial charge is 0.328 e. The second-order valence-electron chi connectivity index (χ2n) is 7.80. The summed E-state index contributed by atoms with van der Waals surface area (Å²) in [7, 11) is 1.34. The van der Waals surface area contributed by atoms with E-state index in [1.54, 1.807) is 0 Å². The standard InChI is InChI=1S/C18H26N2O3/c1-23-16(21)15(4-2-3-5-19)20-17(22)18-9-12-6-13(10-18)8-14(7-12)11-18/h12-15H,2-4,6-11H2,1H3,(H,20,22)/t12?,13?,14?,15-,18?/m1/s1. The summed E-state index contributed by atoms with van der Waals surface area (Å²) >= 11 is 0. The first-order valence-electron chi connectivity index (χ1n) is 8.82. The molecule has 1 N–H and O–H groups in total. The van der Waals surface area contributed by atoms with Crippen LogP contribution in [0.25, 0.3) is 0 Å². The Morgan fingerprint density at radius 3 is 2.26 bits per heavy atom. The van der Waals surface area contributed by atoms with Gasteiger partial charge in [0.25, 0.3) is 0 Å². The van der Waals surface area contributed by atoms with E-state index in [4.69, 9.17) is 10.00 Å². The largest absolute Gasteiger partial charge is 0.467 e. The molecule has 0 saturated heterocycles. The van der Waals surface area contributed by atoms with Gasteiger partial charge in [0.1, 0.15) is 6.04 Å². The lowest BCUT2D eigenvalue weighted by Crippen LogP contribution is -2.56. The predicted molar refractivity (Wildman–Crippen MR) is 84.0 cm³/mol. The van der Waals surface area contributed by atoms with Crippen LogP contribution in [0.3, 0.4) is 0 Å². The van der Waals surface area contributed by atoms with Crippen LogP contribution in [0.2, 0.25) is 0 Å². The van der Waals surface area contributed by atoms with E-state index in [-0.39, 0.29) is 11.3 Å². The molecule has 0 spiro atoms. The van der Waals surface area contributed by atoms with Crippen LogP contribution < -0.4 is 5.32 Å². The molecule has 0 aliphatic heterocycles. The fourth-order valence-corrected chi connectivity index (χ4v) is 5.48. The van der Waals surface area contributed by atoms with Crippen LogP contribution in [0.5, 0.6) is 0 Å². The second-order valence-corrected chi connectivity index (χ2v) is 7.80. The molecule has 4 fully saturated rings. The summed E-state index contributed by atoms with van der Waals surface area (Å²) in [5, 5.41) is 11.6. The molecule has 0 aromatic heterocycles. The lowest BCUT2D eigenvalue weighted by molar-refractivity contribution is -0.153. The number of hydrogen-bond donors (Lipinski definition) is 1. The Hall–Kier alpha value is -1.57. The third kappa shape index (κ3) is 3.22. The van der Waals surface area contributed by atoms with Gasteiger partial charge in [0, 0.05) is 11.8 Å². The normalized spacial score (nSPS) is 35.4. The maximum absolute atomic E-state index is 13.0. The Labute approximate surface area is 137 Å². The zero-order valence-electron chi connectivity index (χ0n) is 13.8. The van der Waals surface area contributed by atoms with E-state index < -0.39 is 12.0 Å². The van der Waals surface area contributed by atoms with Gasteiger partial charge in [0.15, 0.2) is 0 Å². The van der Waals surface area contributed by atoms with Crippen molar-refractivity contribution in [2.24, 2.45) is 23.2 Å². The Morgan fingerprint density at radius 2 is 1.78 bits per heavy atom. The lowest BCUT2D eigenvalue weighted by Gasteiger charge is -2.55. The van der Waals surface area contributed by atoms with Crippen molar-refractivity contribution >= 4 is 11.9 Å². The Bertz CT molecular complexity index is 488. The Balaban J connectivity index is 1.66. The third-order valence-electron chi connectivity index (χ3n) is 6.09. The molecule has 1 atom stereocenters. The zero-order valence-corrected chi connectivity index (χ0v) is 13.8. The van der Waals surface area contributed by atoms with Gasteiger partial charge in [0.05, 0.1) is 13.2 Å². The molecule has 0 aromatic rings. The number of carbonyl (C=O) groups is 2. The molecular formula is C18H26N2O3. The molecule has 1 amide bonds. The highest BCUT2D eigenvalue weighted by Gasteiger charge is 2.54. The highest BCUT2D eigenvalue weighted by Crippen LogP contribution is 2.60. The van der Waals surface area contributed by atoms with Crippen molar-refractivity contribution in [3.63, 3.8) is 0 Å². The van der Waals surface area contributed by atoms with E-state index in [9.17, 15) is 9.59 Å². The van der Waals surface area contributed by atoms with Gasteiger partial charge >= 0.3 is 5.97 Å². The topological polar surface area (TPSA) is 79.2 Å². The number of carbonyl (C=O) groups excluding carboxylic acids is 2. The number of rotatable bonds is 6. The average molecular weight is 318 g/mol. The zero-order chi connectivity index (χ0) is 16.4. The van der Waals surface area contributed by atoms with Crippen LogP contribution in [0.1, 0.15) is 57.8 Å². The summed E-state index contributed by atoms with van der Waals surface area (Å²) in [6.07, 6.45) is 8.26. The molecule has 126 valence electrons. The Kier molecular flexibility index (Phi) is 4.61. The van der Waals surface area contributed by atoms with Crippen LogP contribution in [-0.4, -0.2) is 25.0 Å². The minimum atomic E-state index is -0.617. The van der Waals surface area contributed by atoms with Gasteiger partial charge in [-0.15, -0.1) is 0 Å². The minimum absolute atomic E-state index is 0.0453. The van der Waals surface area contributed by atoms with Crippen molar-refractivity contribution in [2.75, 3.05) is 7.11 Å². The number of amides is 1. The molecular weight excluding hydrogens is 292 g/mol. The second kappa shape index (κ2) is 6.51. The first-order valence-corrected chi connectivity index (χ1v) is 8.82. The Morgan fingerprint density at radius 1 is 1.22 bits per heavy atom. The van der Waals surface area contributed by atoms with Crippen molar-refractivity contribution < 1.29 is 14.3 Å². The van der Waals surface area contributed by atoms with Gasteiger partial charge in [-0.2, -0.15) is 5.26 Å². The highest BCUT2D eigenvalue weighted by atomic mass is 16.5. The minimum Gasteiger partial charge on any atom is -0.467 e. The lowest BCUT2D eigenvalue weighted by atomic mass is 9.49. The first kappa shape index (κ1) is 16.3. The van der Waals surface area contributed by atoms with Gasteiger partial charge in [-0.1, -0.05) is 0 Å². The molecule has 0 aromatic carbocycles. The number of hydrogen-bond acceptors (Lipinski definition) is 4. The average Bonchev–Trinajstić information content (AvgIpc) is 2.52. The van der Waals surface area contributed by atoms with E-state index in [1.807, 2.05) is 0 Å². The third-order valence-corrected chi connectivity index (χ3v) is 6.09. The van der Waals surface area contributed by atoms with Gasteiger partial charge in [-0.05, 0) is 69.1 Å². The maximum Gasteiger partial charge on any atom is 0.328 e. The quantitative estimate of drug-likeness (QED) is 0.603. The molecule has 0 heterocycles. The molecule has 4 rings (SSSR count). The van der Waals surface area contributed by atoms with Gasteiger partial charge in [-0.3, -0.25) is 4.79 Å². The SMILES string of the molecule is COC(=O)[C@@H](CCCC#N)NC(=O)C12CC3CC(CC(C3)C1)C2. The summed E-state index contributed by atoms with van der Waals surface area (Å²) in [5.41, 5.74) is -0.254. The summed E-state index contributed by atoms with van der Waals surface area (Å²) in [6, 6.07) is 1.46. The van der Waals surface area contributed by atoms with Crippen molar-refractivity contribution in [3.05, 3.63) is 0 Å². The van der Waals surface area contributed by atoms with Crippen LogP contribution in [-0.2, 0) is 14.3 Å². The first-order chi connectivity index (χ1) is 11.1. The van der Waals surface area contributed by atoms with E-state index >= 15 is 0 Å². The summed E-state index contributed by atoms with van der Waals surface area (Å²) < 4.78 is 4.83. The van der Waals surface area contributed by atoms with Crippen LogP contribution in [0.15, 0.2) is 0 Å². The molecule has 23 heavy (non-hydrogen) atoms. The molecule has 5 nitrogen and oxygen atoms in total. The number of ether oxygens (including phenoxy) is 1. The highest BCUT2D eigenvalue weighted by molar-refractivity contribution is 5.88. The predicted octanol–water partition coefficient (Wildman–Crippen LogP) is 2.55. The fraction of sp³-hybridized carbons (Fsp3) is 0.833.